The quantitative estimate of drug-likeness (QED) is 0.366. The summed E-state index contributed by atoms with van der Waals surface area (Å²) in [7, 11) is 5.60. The summed E-state index contributed by atoms with van der Waals surface area (Å²) in [6, 6.07) is 17.7. The number of nitrogens with zero attached hydrogens (tertiary/aromatic N) is 1. The monoisotopic (exact) mass is 495 g/mol. The number of allylic oxidation sites excluding steroid dienone is 1. The average molecular weight is 496 g/mol. The number of amides is 1. The van der Waals surface area contributed by atoms with Crippen LogP contribution in [0.15, 0.2) is 72.4 Å². The Morgan fingerprint density at radius 3 is 2.40 bits per heavy atom. The number of ether oxygens (including phenoxy) is 1. The summed E-state index contributed by atoms with van der Waals surface area (Å²) in [4.78, 5) is 30.8. The Balaban J connectivity index is 0.00000342. The molecule has 186 valence electrons. The molecule has 1 atom stereocenters. The van der Waals surface area contributed by atoms with Gasteiger partial charge in [-0.25, -0.2) is 4.79 Å². The largest absolute Gasteiger partial charge is 0.467 e. The fourth-order valence-corrected chi connectivity index (χ4v) is 5.13. The standard InChI is InChI=1S/C28H33N3O3.ClH/c1-31(2)28(22-9-5-4-6-10-22)15-13-20(14-16-28)17-26(32)30-25(27(33)34-3)18-21-19-29-24-12-8-7-11-23(21)24;/h4-12,17,19,25,29H,13-16,18H2,1-3H3,(H,30,32);1H. The van der Waals surface area contributed by atoms with Crippen molar-refractivity contribution in [1.29, 1.82) is 0 Å². The number of hydrogen-bond donors (Lipinski definition) is 2. The van der Waals surface area contributed by atoms with E-state index in [1.165, 1.54) is 12.7 Å². The molecule has 0 aliphatic heterocycles. The molecule has 0 saturated heterocycles. The van der Waals surface area contributed by atoms with E-state index < -0.39 is 12.0 Å². The van der Waals surface area contributed by atoms with Crippen molar-refractivity contribution in [3.05, 3.63) is 83.6 Å². The summed E-state index contributed by atoms with van der Waals surface area (Å²) < 4.78 is 4.98. The number of aromatic amines is 1. The van der Waals surface area contributed by atoms with Crippen molar-refractivity contribution in [3.63, 3.8) is 0 Å². The number of halogens is 1. The maximum Gasteiger partial charge on any atom is 0.328 e. The number of fused-ring (bicyclic) bond motifs is 1. The van der Waals surface area contributed by atoms with E-state index in [1.54, 1.807) is 6.08 Å². The number of aromatic nitrogens is 1. The number of rotatable bonds is 7. The van der Waals surface area contributed by atoms with Crippen molar-refractivity contribution in [1.82, 2.24) is 15.2 Å². The first-order chi connectivity index (χ1) is 16.4. The van der Waals surface area contributed by atoms with E-state index in [9.17, 15) is 9.59 Å². The Hall–Kier alpha value is -3.09. The predicted octanol–water partition coefficient (Wildman–Crippen LogP) is 4.75. The van der Waals surface area contributed by atoms with Gasteiger partial charge < -0.3 is 15.0 Å². The smallest absolute Gasteiger partial charge is 0.328 e. The zero-order chi connectivity index (χ0) is 24.1. The van der Waals surface area contributed by atoms with Crippen molar-refractivity contribution >= 4 is 35.2 Å². The predicted molar refractivity (Wildman–Crippen MR) is 142 cm³/mol. The van der Waals surface area contributed by atoms with E-state index in [0.29, 0.717) is 6.42 Å². The first-order valence-electron chi connectivity index (χ1n) is 11.8. The molecule has 2 N–H and O–H groups in total. The summed E-state index contributed by atoms with van der Waals surface area (Å²) in [5, 5.41) is 3.92. The molecule has 6 nitrogen and oxygen atoms in total. The highest BCUT2D eigenvalue weighted by Gasteiger charge is 2.37. The SMILES string of the molecule is COC(=O)C(Cc1c[nH]c2ccccc12)NC(=O)C=C1CCC(c2ccccc2)(N(C)C)CC1.Cl. The highest BCUT2D eigenvalue weighted by molar-refractivity contribution is 5.92. The van der Waals surface area contributed by atoms with Gasteiger partial charge in [-0.2, -0.15) is 0 Å². The number of para-hydroxylation sites is 1. The molecule has 1 aromatic heterocycles. The highest BCUT2D eigenvalue weighted by Crippen LogP contribution is 2.42. The maximum atomic E-state index is 12.9. The molecule has 1 saturated carbocycles. The number of benzene rings is 2. The third-order valence-corrected chi connectivity index (χ3v) is 7.12. The molecule has 35 heavy (non-hydrogen) atoms. The molecule has 1 fully saturated rings. The van der Waals surface area contributed by atoms with Crippen molar-refractivity contribution in [2.75, 3.05) is 21.2 Å². The van der Waals surface area contributed by atoms with Crippen LogP contribution in [0.1, 0.15) is 36.8 Å². The van der Waals surface area contributed by atoms with Gasteiger partial charge in [-0.1, -0.05) is 54.1 Å². The van der Waals surface area contributed by atoms with Gasteiger partial charge in [0.05, 0.1) is 7.11 Å². The number of carbonyl (C=O) groups excluding carboxylic acids is 2. The van der Waals surface area contributed by atoms with Crippen molar-refractivity contribution in [2.24, 2.45) is 0 Å². The lowest BCUT2D eigenvalue weighted by atomic mass is 9.74. The van der Waals surface area contributed by atoms with Crippen LogP contribution in [0.2, 0.25) is 0 Å². The Morgan fingerprint density at radius 1 is 1.09 bits per heavy atom. The molecule has 1 aliphatic carbocycles. The van der Waals surface area contributed by atoms with Crippen molar-refractivity contribution in [2.45, 2.75) is 43.7 Å². The number of nitrogens with one attached hydrogen (secondary N) is 2. The van der Waals surface area contributed by atoms with Crippen LogP contribution in [0.25, 0.3) is 10.9 Å². The molecule has 7 heteroatoms. The number of carbonyl (C=O) groups is 2. The van der Waals surface area contributed by atoms with Gasteiger partial charge in [0.25, 0.3) is 0 Å². The zero-order valence-electron chi connectivity index (χ0n) is 20.5. The number of hydrogen-bond acceptors (Lipinski definition) is 4. The molecular weight excluding hydrogens is 462 g/mol. The zero-order valence-corrected chi connectivity index (χ0v) is 21.4. The van der Waals surface area contributed by atoms with Crippen LogP contribution in [0.5, 0.6) is 0 Å². The molecule has 2 aromatic carbocycles. The van der Waals surface area contributed by atoms with Crippen LogP contribution < -0.4 is 5.32 Å². The molecule has 3 aromatic rings. The van der Waals surface area contributed by atoms with Gasteiger partial charge in [-0.05, 0) is 57.0 Å². The van der Waals surface area contributed by atoms with Gasteiger partial charge in [0.1, 0.15) is 6.04 Å². The first-order valence-corrected chi connectivity index (χ1v) is 11.8. The summed E-state index contributed by atoms with van der Waals surface area (Å²) in [5.41, 5.74) is 4.36. The van der Waals surface area contributed by atoms with Crippen LogP contribution in [0.4, 0.5) is 0 Å². The second-order valence-corrected chi connectivity index (χ2v) is 9.24. The molecule has 0 bridgehead atoms. The molecule has 1 aliphatic rings. The summed E-state index contributed by atoms with van der Waals surface area (Å²) in [5.74, 6) is -0.696. The Labute approximate surface area is 213 Å². The second-order valence-electron chi connectivity index (χ2n) is 9.24. The van der Waals surface area contributed by atoms with Crippen LogP contribution in [-0.4, -0.2) is 49.0 Å². The van der Waals surface area contributed by atoms with E-state index in [1.807, 2.05) is 36.5 Å². The summed E-state index contributed by atoms with van der Waals surface area (Å²) >= 11 is 0. The van der Waals surface area contributed by atoms with Crippen LogP contribution >= 0.6 is 12.4 Å². The van der Waals surface area contributed by atoms with Gasteiger partial charge in [0, 0.05) is 35.1 Å². The van der Waals surface area contributed by atoms with Crippen molar-refractivity contribution < 1.29 is 14.3 Å². The van der Waals surface area contributed by atoms with E-state index in [4.69, 9.17) is 4.74 Å². The van der Waals surface area contributed by atoms with Crippen molar-refractivity contribution in [3.8, 4) is 0 Å². The molecule has 4 rings (SSSR count). The highest BCUT2D eigenvalue weighted by atomic mass is 35.5. The van der Waals surface area contributed by atoms with E-state index in [2.05, 4.69) is 53.6 Å². The minimum absolute atomic E-state index is 0. The fraction of sp³-hybridized carbons (Fsp3) is 0.357. The van der Waals surface area contributed by atoms with Gasteiger partial charge >= 0.3 is 5.97 Å². The molecular formula is C28H34ClN3O3. The minimum Gasteiger partial charge on any atom is -0.467 e. The molecule has 1 amide bonds. The Bertz CT molecular complexity index is 1180. The third kappa shape index (κ3) is 5.77. The van der Waals surface area contributed by atoms with E-state index in [0.717, 1.165) is 47.7 Å². The maximum absolute atomic E-state index is 12.9. The Morgan fingerprint density at radius 2 is 1.74 bits per heavy atom. The molecule has 1 heterocycles. The average Bonchev–Trinajstić information content (AvgIpc) is 3.27. The minimum atomic E-state index is -0.748. The lowest BCUT2D eigenvalue weighted by Gasteiger charge is -2.44. The van der Waals surface area contributed by atoms with Crippen LogP contribution in [-0.2, 0) is 26.3 Å². The van der Waals surface area contributed by atoms with Gasteiger partial charge in [-0.15, -0.1) is 12.4 Å². The van der Waals surface area contributed by atoms with Crippen LogP contribution in [0.3, 0.4) is 0 Å². The van der Waals surface area contributed by atoms with Gasteiger partial charge in [0.2, 0.25) is 5.91 Å². The molecule has 0 spiro atoms. The topological polar surface area (TPSA) is 74.4 Å². The number of methoxy groups -OCH3 is 1. The van der Waals surface area contributed by atoms with E-state index in [-0.39, 0.29) is 23.9 Å². The lowest BCUT2D eigenvalue weighted by molar-refractivity contribution is -0.144. The normalized spacial score (nSPS) is 18.6. The number of esters is 1. The number of H-pyrrole nitrogens is 1. The fourth-order valence-electron chi connectivity index (χ4n) is 5.13. The summed E-state index contributed by atoms with van der Waals surface area (Å²) in [6.45, 7) is 0. The van der Waals surface area contributed by atoms with Crippen LogP contribution in [0, 0.1) is 0 Å². The van der Waals surface area contributed by atoms with E-state index >= 15 is 0 Å². The first kappa shape index (κ1) is 26.5. The lowest BCUT2D eigenvalue weighted by Crippen LogP contribution is -2.44. The molecule has 1 unspecified atom stereocenters. The molecule has 0 radical (unpaired) electrons. The summed E-state index contributed by atoms with van der Waals surface area (Å²) in [6.07, 6.45) is 7.49. The second kappa shape index (κ2) is 11.6. The Kier molecular flexibility index (Phi) is 8.76. The third-order valence-electron chi connectivity index (χ3n) is 7.12. The van der Waals surface area contributed by atoms with Gasteiger partial charge in [0.15, 0.2) is 0 Å². The van der Waals surface area contributed by atoms with Gasteiger partial charge in [-0.3, -0.25) is 9.69 Å².